The zero-order valence-electron chi connectivity index (χ0n) is 14.6. The summed E-state index contributed by atoms with van der Waals surface area (Å²) in [5.74, 6) is -0.103. The lowest BCUT2D eigenvalue weighted by Crippen LogP contribution is -2.28. The molecule has 2 aromatic carbocycles. The van der Waals surface area contributed by atoms with Crippen LogP contribution < -0.4 is 16.0 Å². The summed E-state index contributed by atoms with van der Waals surface area (Å²) < 4.78 is 0. The molecule has 0 heterocycles. The Hall–Kier alpha value is -3.42. The lowest BCUT2D eigenvalue weighted by atomic mass is 10.2. The number of rotatable bonds is 8. The van der Waals surface area contributed by atoms with Crippen LogP contribution in [0.25, 0.3) is 0 Å². The molecule has 0 atom stereocenters. The maximum Gasteiger partial charge on any atom is 0.292 e. The molecular weight excluding hydrogens is 348 g/mol. The first kappa shape index (κ1) is 18.4. The maximum atomic E-state index is 12.1. The molecule has 0 saturated heterocycles. The molecule has 0 bridgehead atoms. The predicted molar refractivity (Wildman–Crippen MR) is 102 cm³/mol. The summed E-state index contributed by atoms with van der Waals surface area (Å²) in [6, 6.07) is 13.0. The van der Waals surface area contributed by atoms with Crippen molar-refractivity contribution in [3.05, 3.63) is 64.2 Å². The van der Waals surface area contributed by atoms with Gasteiger partial charge in [-0.15, -0.1) is 0 Å². The summed E-state index contributed by atoms with van der Waals surface area (Å²) in [4.78, 5) is 34.4. The van der Waals surface area contributed by atoms with Crippen LogP contribution in [0.3, 0.4) is 0 Å². The molecule has 1 aliphatic rings. The fourth-order valence-corrected chi connectivity index (χ4v) is 2.55. The number of carbonyl (C=O) groups excluding carboxylic acids is 2. The highest BCUT2D eigenvalue weighted by atomic mass is 16.6. The molecule has 8 heteroatoms. The molecule has 1 saturated carbocycles. The number of hydrogen-bond donors (Lipinski definition) is 3. The van der Waals surface area contributed by atoms with E-state index in [9.17, 15) is 19.7 Å². The largest absolute Gasteiger partial charge is 0.378 e. The molecule has 140 valence electrons. The summed E-state index contributed by atoms with van der Waals surface area (Å²) >= 11 is 0. The third-order valence-corrected chi connectivity index (χ3v) is 4.19. The van der Waals surface area contributed by atoms with E-state index < -0.39 is 4.92 Å². The monoisotopic (exact) mass is 368 g/mol. The van der Waals surface area contributed by atoms with E-state index in [2.05, 4.69) is 16.0 Å². The van der Waals surface area contributed by atoms with Gasteiger partial charge in [0.05, 0.1) is 4.92 Å². The Kier molecular flexibility index (Phi) is 5.65. The van der Waals surface area contributed by atoms with Gasteiger partial charge in [-0.2, -0.15) is 0 Å². The Morgan fingerprint density at radius 1 is 1.04 bits per heavy atom. The van der Waals surface area contributed by atoms with Crippen molar-refractivity contribution in [3.8, 4) is 0 Å². The number of nitrogens with zero attached hydrogens (tertiary/aromatic N) is 1. The number of nitro groups is 1. The first-order chi connectivity index (χ1) is 13.0. The van der Waals surface area contributed by atoms with E-state index in [1.807, 2.05) is 0 Å². The van der Waals surface area contributed by atoms with Crippen LogP contribution in [0.2, 0.25) is 0 Å². The van der Waals surface area contributed by atoms with Crippen molar-refractivity contribution >= 4 is 28.9 Å². The molecule has 3 N–H and O–H groups in total. The molecule has 0 spiro atoms. The minimum absolute atomic E-state index is 0.00680. The van der Waals surface area contributed by atoms with Gasteiger partial charge < -0.3 is 16.0 Å². The number of carbonyl (C=O) groups is 2. The number of benzene rings is 2. The van der Waals surface area contributed by atoms with Crippen LogP contribution >= 0.6 is 0 Å². The molecule has 27 heavy (non-hydrogen) atoms. The van der Waals surface area contributed by atoms with Crippen LogP contribution in [0.1, 0.15) is 23.2 Å². The van der Waals surface area contributed by atoms with Gasteiger partial charge in [-0.1, -0.05) is 12.1 Å². The van der Waals surface area contributed by atoms with Gasteiger partial charge in [0.25, 0.3) is 11.6 Å². The van der Waals surface area contributed by atoms with Crippen LogP contribution in [0, 0.1) is 16.0 Å². The quantitative estimate of drug-likeness (QED) is 0.377. The Labute approximate surface area is 156 Å². The zero-order valence-corrected chi connectivity index (χ0v) is 14.6. The molecule has 0 unspecified atom stereocenters. The molecule has 2 aromatic rings. The Morgan fingerprint density at radius 2 is 1.74 bits per heavy atom. The maximum absolute atomic E-state index is 12.1. The Morgan fingerprint density at radius 3 is 2.41 bits per heavy atom. The third-order valence-electron chi connectivity index (χ3n) is 4.19. The van der Waals surface area contributed by atoms with Crippen LogP contribution in [0.4, 0.5) is 17.1 Å². The van der Waals surface area contributed by atoms with Gasteiger partial charge in [-0.25, -0.2) is 0 Å². The number of anilines is 2. The number of hydrogen-bond acceptors (Lipinski definition) is 5. The lowest BCUT2D eigenvalue weighted by Gasteiger charge is -2.09. The third kappa shape index (κ3) is 5.04. The van der Waals surface area contributed by atoms with Crippen molar-refractivity contribution in [1.29, 1.82) is 0 Å². The minimum atomic E-state index is -0.454. The fourth-order valence-electron chi connectivity index (χ4n) is 2.55. The molecule has 0 aliphatic heterocycles. The average molecular weight is 368 g/mol. The molecule has 1 fully saturated rings. The van der Waals surface area contributed by atoms with Crippen LogP contribution in [0.15, 0.2) is 48.5 Å². The van der Waals surface area contributed by atoms with Crippen LogP contribution in [0.5, 0.6) is 0 Å². The van der Waals surface area contributed by atoms with Crippen molar-refractivity contribution in [2.45, 2.75) is 12.8 Å². The second kappa shape index (κ2) is 8.31. The molecule has 1 aliphatic carbocycles. The first-order valence-corrected chi connectivity index (χ1v) is 8.71. The Balaban J connectivity index is 1.45. The second-order valence-corrected chi connectivity index (χ2v) is 6.30. The van der Waals surface area contributed by atoms with Crippen molar-refractivity contribution in [1.82, 2.24) is 5.32 Å². The van der Waals surface area contributed by atoms with E-state index in [-0.39, 0.29) is 23.4 Å². The summed E-state index contributed by atoms with van der Waals surface area (Å²) in [5, 5.41) is 19.5. The van der Waals surface area contributed by atoms with Gasteiger partial charge in [0.1, 0.15) is 5.69 Å². The highest BCUT2D eigenvalue weighted by Gasteiger charge is 2.29. The van der Waals surface area contributed by atoms with Gasteiger partial charge >= 0.3 is 0 Å². The summed E-state index contributed by atoms with van der Waals surface area (Å²) in [5.41, 5.74) is 1.55. The van der Waals surface area contributed by atoms with Gasteiger partial charge in [0.15, 0.2) is 0 Å². The minimum Gasteiger partial charge on any atom is -0.378 e. The predicted octanol–water partition coefficient (Wildman–Crippen LogP) is 2.79. The number of nitrogens with one attached hydrogen (secondary N) is 3. The molecule has 0 aromatic heterocycles. The van der Waals surface area contributed by atoms with Gasteiger partial charge in [0.2, 0.25) is 5.91 Å². The molecule has 8 nitrogen and oxygen atoms in total. The molecule has 2 amide bonds. The van der Waals surface area contributed by atoms with Crippen molar-refractivity contribution in [2.24, 2.45) is 5.92 Å². The lowest BCUT2D eigenvalue weighted by molar-refractivity contribution is -0.384. The number of amides is 2. The molecular formula is C19H20N4O4. The van der Waals surface area contributed by atoms with E-state index in [4.69, 9.17) is 0 Å². The summed E-state index contributed by atoms with van der Waals surface area (Å²) in [7, 11) is 0. The summed E-state index contributed by atoms with van der Waals surface area (Å²) in [6.07, 6.45) is 1.87. The van der Waals surface area contributed by atoms with E-state index in [0.717, 1.165) is 12.8 Å². The standard InChI is InChI=1S/C19H20N4O4/c24-18(13-7-9-15(10-8-13)22-19(25)14-5-6-14)21-12-11-20-16-3-1-2-4-17(16)23(26)27/h1-4,7-10,14,20H,5-6,11-12H2,(H,21,24)(H,22,25). The zero-order chi connectivity index (χ0) is 19.2. The number of nitro benzene ring substituents is 1. The highest BCUT2D eigenvalue weighted by molar-refractivity contribution is 5.96. The van der Waals surface area contributed by atoms with Crippen LogP contribution in [-0.4, -0.2) is 29.8 Å². The molecule has 0 radical (unpaired) electrons. The fraction of sp³-hybridized carbons (Fsp3) is 0.263. The van der Waals surface area contributed by atoms with Crippen LogP contribution in [-0.2, 0) is 4.79 Å². The first-order valence-electron chi connectivity index (χ1n) is 8.71. The van der Waals surface area contributed by atoms with E-state index in [0.29, 0.717) is 30.0 Å². The summed E-state index contributed by atoms with van der Waals surface area (Å²) in [6.45, 7) is 0.664. The highest BCUT2D eigenvalue weighted by Crippen LogP contribution is 2.30. The van der Waals surface area contributed by atoms with E-state index in [1.54, 1.807) is 42.5 Å². The van der Waals surface area contributed by atoms with E-state index in [1.165, 1.54) is 6.07 Å². The van der Waals surface area contributed by atoms with Crippen molar-refractivity contribution in [2.75, 3.05) is 23.7 Å². The Bertz CT molecular complexity index is 847. The topological polar surface area (TPSA) is 113 Å². The van der Waals surface area contributed by atoms with E-state index >= 15 is 0 Å². The van der Waals surface area contributed by atoms with Gasteiger partial charge in [0, 0.05) is 36.3 Å². The molecule has 3 rings (SSSR count). The van der Waals surface area contributed by atoms with Crippen molar-refractivity contribution < 1.29 is 14.5 Å². The normalized spacial score (nSPS) is 12.9. The number of para-hydroxylation sites is 2. The smallest absolute Gasteiger partial charge is 0.292 e. The second-order valence-electron chi connectivity index (χ2n) is 6.30. The SMILES string of the molecule is O=C(NCCNc1ccccc1[N+](=O)[O-])c1ccc(NC(=O)C2CC2)cc1. The average Bonchev–Trinajstić information content (AvgIpc) is 3.51. The van der Waals surface area contributed by atoms with Gasteiger partial charge in [-0.05, 0) is 43.2 Å². The van der Waals surface area contributed by atoms with Gasteiger partial charge in [-0.3, -0.25) is 19.7 Å². The van der Waals surface area contributed by atoms with Crippen molar-refractivity contribution in [3.63, 3.8) is 0 Å².